The zero-order valence-electron chi connectivity index (χ0n) is 14.7. The molecule has 0 bridgehead atoms. The molecule has 0 aromatic heterocycles. The number of carbonyl (C=O) groups excluding carboxylic acids is 2. The van der Waals surface area contributed by atoms with Crippen molar-refractivity contribution in [1.29, 1.82) is 0 Å². The van der Waals surface area contributed by atoms with Gasteiger partial charge in [-0.1, -0.05) is 48.9 Å². The average Bonchev–Trinajstić information content (AvgIpc) is 2.62. The summed E-state index contributed by atoms with van der Waals surface area (Å²) < 4.78 is 18.8. The quantitative estimate of drug-likeness (QED) is 0.730. The molecule has 138 valence electrons. The Bertz CT molecular complexity index is 767. The number of carbonyl (C=O) groups is 2. The maximum Gasteiger partial charge on any atom is 0.341 e. The summed E-state index contributed by atoms with van der Waals surface area (Å²) in [5.41, 5.74) is 0.868. The molecule has 0 saturated carbocycles. The molecule has 6 heteroatoms. The van der Waals surface area contributed by atoms with Crippen molar-refractivity contribution in [3.05, 3.63) is 70.5 Å². The van der Waals surface area contributed by atoms with Crippen molar-refractivity contribution in [3.63, 3.8) is 0 Å². The van der Waals surface area contributed by atoms with Crippen LogP contribution in [0.25, 0.3) is 0 Å². The minimum atomic E-state index is -1.04. The standard InChI is InChI=1S/C20H21ClFNO3/c1-3-14(15-7-5-4-6-8-15)12-23-19(24)13(2)26-20(25)17-10-9-16(21)11-18(17)22/h4-11,13-14H,3,12H2,1-2H3,(H,23,24)/t13-,14+/m1/s1. The number of halogens is 2. The molecule has 1 N–H and O–H groups in total. The van der Waals surface area contributed by atoms with Crippen LogP contribution in [0.4, 0.5) is 4.39 Å². The first-order valence-electron chi connectivity index (χ1n) is 8.41. The highest BCUT2D eigenvalue weighted by Crippen LogP contribution is 2.18. The maximum absolute atomic E-state index is 13.8. The highest BCUT2D eigenvalue weighted by atomic mass is 35.5. The minimum Gasteiger partial charge on any atom is -0.449 e. The van der Waals surface area contributed by atoms with Gasteiger partial charge in [0.25, 0.3) is 5.91 Å². The lowest BCUT2D eigenvalue weighted by atomic mass is 9.96. The lowest BCUT2D eigenvalue weighted by molar-refractivity contribution is -0.129. The first-order chi connectivity index (χ1) is 12.4. The summed E-state index contributed by atoms with van der Waals surface area (Å²) in [5, 5.41) is 2.96. The van der Waals surface area contributed by atoms with E-state index >= 15 is 0 Å². The van der Waals surface area contributed by atoms with E-state index < -0.39 is 23.8 Å². The van der Waals surface area contributed by atoms with E-state index in [-0.39, 0.29) is 16.5 Å². The molecule has 4 nitrogen and oxygen atoms in total. The van der Waals surface area contributed by atoms with Crippen molar-refractivity contribution in [1.82, 2.24) is 5.32 Å². The molecule has 2 atom stereocenters. The number of amides is 1. The molecule has 0 aliphatic heterocycles. The molecule has 0 aliphatic rings. The lowest BCUT2D eigenvalue weighted by Crippen LogP contribution is -2.38. The van der Waals surface area contributed by atoms with Crippen LogP contribution in [0, 0.1) is 5.82 Å². The molecule has 1 amide bonds. The van der Waals surface area contributed by atoms with Crippen LogP contribution in [0.5, 0.6) is 0 Å². The van der Waals surface area contributed by atoms with Gasteiger partial charge < -0.3 is 10.1 Å². The summed E-state index contributed by atoms with van der Waals surface area (Å²) in [5.74, 6) is -1.96. The molecule has 2 aromatic rings. The van der Waals surface area contributed by atoms with Gasteiger partial charge in [0.15, 0.2) is 6.10 Å². The van der Waals surface area contributed by atoms with Gasteiger partial charge in [-0.05, 0) is 37.1 Å². The fraction of sp³-hybridized carbons (Fsp3) is 0.300. The SMILES string of the molecule is CC[C@@H](CNC(=O)[C@@H](C)OC(=O)c1ccc(Cl)cc1F)c1ccccc1. The summed E-state index contributed by atoms with van der Waals surface area (Å²) >= 11 is 5.66. The Balaban J connectivity index is 1.91. The van der Waals surface area contributed by atoms with Crippen molar-refractivity contribution in [2.75, 3.05) is 6.54 Å². The Morgan fingerprint density at radius 3 is 2.50 bits per heavy atom. The Kier molecular flexibility index (Phi) is 7.16. The number of rotatable bonds is 7. The van der Waals surface area contributed by atoms with Crippen molar-refractivity contribution in [2.45, 2.75) is 32.3 Å². The van der Waals surface area contributed by atoms with E-state index in [1.54, 1.807) is 0 Å². The summed E-state index contributed by atoms with van der Waals surface area (Å²) in [6.07, 6.45) is -0.181. The van der Waals surface area contributed by atoms with Gasteiger partial charge in [-0.25, -0.2) is 9.18 Å². The third-order valence-corrected chi connectivity index (χ3v) is 4.33. The topological polar surface area (TPSA) is 55.4 Å². The number of benzene rings is 2. The van der Waals surface area contributed by atoms with Gasteiger partial charge in [0.05, 0.1) is 5.56 Å². The first-order valence-corrected chi connectivity index (χ1v) is 8.78. The molecule has 0 unspecified atom stereocenters. The molecule has 0 fully saturated rings. The summed E-state index contributed by atoms with van der Waals surface area (Å²) in [7, 11) is 0. The van der Waals surface area contributed by atoms with Crippen LogP contribution in [-0.4, -0.2) is 24.5 Å². The zero-order valence-corrected chi connectivity index (χ0v) is 15.4. The van der Waals surface area contributed by atoms with Crippen LogP contribution in [0.2, 0.25) is 5.02 Å². The van der Waals surface area contributed by atoms with E-state index in [4.69, 9.17) is 16.3 Å². The molecule has 0 saturated heterocycles. The molecule has 2 aromatic carbocycles. The van der Waals surface area contributed by atoms with Crippen LogP contribution in [0.1, 0.15) is 42.1 Å². The van der Waals surface area contributed by atoms with E-state index in [0.717, 1.165) is 18.1 Å². The van der Waals surface area contributed by atoms with E-state index in [1.165, 1.54) is 19.1 Å². The molecule has 0 radical (unpaired) electrons. The van der Waals surface area contributed by atoms with Crippen LogP contribution in [0.15, 0.2) is 48.5 Å². The van der Waals surface area contributed by atoms with Gasteiger partial charge in [-0.15, -0.1) is 0 Å². The maximum atomic E-state index is 13.8. The number of hydrogen-bond donors (Lipinski definition) is 1. The summed E-state index contributed by atoms with van der Waals surface area (Å²) in [6.45, 7) is 3.91. The van der Waals surface area contributed by atoms with E-state index in [1.807, 2.05) is 37.3 Å². The third-order valence-electron chi connectivity index (χ3n) is 4.09. The second-order valence-electron chi connectivity index (χ2n) is 5.93. The number of ether oxygens (including phenoxy) is 1. The number of hydrogen-bond acceptors (Lipinski definition) is 3. The molecule has 0 aliphatic carbocycles. The fourth-order valence-corrected chi connectivity index (χ4v) is 2.68. The molecule has 26 heavy (non-hydrogen) atoms. The highest BCUT2D eigenvalue weighted by molar-refractivity contribution is 6.30. The Morgan fingerprint density at radius 1 is 1.19 bits per heavy atom. The largest absolute Gasteiger partial charge is 0.449 e. The Labute approximate surface area is 157 Å². The van der Waals surface area contributed by atoms with Crippen LogP contribution in [-0.2, 0) is 9.53 Å². The second-order valence-corrected chi connectivity index (χ2v) is 6.37. The molecular formula is C20H21ClFNO3. The van der Waals surface area contributed by atoms with E-state index in [9.17, 15) is 14.0 Å². The van der Waals surface area contributed by atoms with E-state index in [2.05, 4.69) is 5.32 Å². The summed E-state index contributed by atoms with van der Waals surface area (Å²) in [6, 6.07) is 13.5. The Morgan fingerprint density at radius 2 is 1.88 bits per heavy atom. The van der Waals surface area contributed by atoms with Crippen molar-refractivity contribution >= 4 is 23.5 Å². The second kappa shape index (κ2) is 9.34. The van der Waals surface area contributed by atoms with E-state index in [0.29, 0.717) is 6.54 Å². The van der Waals surface area contributed by atoms with Gasteiger partial charge in [0, 0.05) is 17.5 Å². The van der Waals surface area contributed by atoms with Crippen molar-refractivity contribution in [2.24, 2.45) is 0 Å². The molecule has 0 heterocycles. The molecule has 2 rings (SSSR count). The van der Waals surface area contributed by atoms with Gasteiger partial charge in [-0.3, -0.25) is 4.79 Å². The van der Waals surface area contributed by atoms with Crippen LogP contribution in [0.3, 0.4) is 0 Å². The van der Waals surface area contributed by atoms with Crippen molar-refractivity contribution < 1.29 is 18.7 Å². The lowest BCUT2D eigenvalue weighted by Gasteiger charge is -2.18. The minimum absolute atomic E-state index is 0.164. The third kappa shape index (κ3) is 5.30. The highest BCUT2D eigenvalue weighted by Gasteiger charge is 2.22. The first kappa shape index (κ1) is 19.9. The summed E-state index contributed by atoms with van der Waals surface area (Å²) in [4.78, 5) is 24.2. The average molecular weight is 378 g/mol. The smallest absolute Gasteiger partial charge is 0.341 e. The number of esters is 1. The monoisotopic (exact) mass is 377 g/mol. The predicted molar refractivity (Wildman–Crippen MR) is 98.8 cm³/mol. The van der Waals surface area contributed by atoms with Gasteiger partial charge in [0.2, 0.25) is 0 Å². The normalized spacial score (nSPS) is 12.9. The van der Waals surface area contributed by atoms with Crippen LogP contribution >= 0.6 is 11.6 Å². The zero-order chi connectivity index (χ0) is 19.1. The van der Waals surface area contributed by atoms with Gasteiger partial charge >= 0.3 is 5.97 Å². The Hall–Kier alpha value is -2.40. The van der Waals surface area contributed by atoms with Gasteiger partial charge in [0.1, 0.15) is 5.82 Å². The molecular weight excluding hydrogens is 357 g/mol. The van der Waals surface area contributed by atoms with Gasteiger partial charge in [-0.2, -0.15) is 0 Å². The van der Waals surface area contributed by atoms with Crippen LogP contribution < -0.4 is 5.32 Å². The molecule has 0 spiro atoms. The number of nitrogens with one attached hydrogen (secondary N) is 1. The fourth-order valence-electron chi connectivity index (χ4n) is 2.52. The predicted octanol–water partition coefficient (Wildman–Crippen LogP) is 4.33. The van der Waals surface area contributed by atoms with Crippen molar-refractivity contribution in [3.8, 4) is 0 Å².